The highest BCUT2D eigenvalue weighted by atomic mass is 16.2. The predicted molar refractivity (Wildman–Crippen MR) is 120 cm³/mol. The Hall–Kier alpha value is -3.40. The number of carbonyl (C=O) groups excluding carboxylic acids is 2. The van der Waals surface area contributed by atoms with Crippen LogP contribution < -0.4 is 10.6 Å². The third kappa shape index (κ3) is 6.31. The van der Waals surface area contributed by atoms with Gasteiger partial charge in [0.1, 0.15) is 0 Å². The summed E-state index contributed by atoms with van der Waals surface area (Å²) in [5.41, 5.74) is 4.26. The lowest BCUT2D eigenvalue weighted by Gasteiger charge is -2.18. The first-order chi connectivity index (χ1) is 14.6. The smallest absolute Gasteiger partial charge is 0.232 e. The molecule has 3 aromatic carbocycles. The molecule has 4 nitrogen and oxygen atoms in total. The molecule has 30 heavy (non-hydrogen) atoms. The first-order valence-corrected chi connectivity index (χ1v) is 10.3. The largest absolute Gasteiger partial charge is 0.354 e. The number of hydrogen-bond donors (Lipinski definition) is 2. The van der Waals surface area contributed by atoms with Crippen LogP contribution in [-0.4, -0.2) is 24.9 Å². The van der Waals surface area contributed by atoms with E-state index in [1.54, 1.807) is 0 Å². The number of benzene rings is 3. The van der Waals surface area contributed by atoms with Gasteiger partial charge in [-0.2, -0.15) is 0 Å². The molecule has 0 radical (unpaired) electrons. The maximum Gasteiger partial charge on any atom is 0.232 e. The number of carbonyl (C=O) groups is 2. The lowest BCUT2D eigenvalue weighted by Crippen LogP contribution is -2.37. The average Bonchev–Trinajstić information content (AvgIpc) is 2.78. The molecule has 0 saturated heterocycles. The zero-order chi connectivity index (χ0) is 21.2. The van der Waals surface area contributed by atoms with Crippen LogP contribution in [0.3, 0.4) is 0 Å². The standard InChI is InChI=1S/C26H28N2O2/c1-20-12-14-21(15-13-20)16-17-24(29)27-18-19-28-26(30)25(22-8-4-2-5-9-22)23-10-6-3-7-11-23/h2-15,25H,16-19H2,1H3,(H,27,29)(H,28,30). The molecule has 0 aliphatic rings. The van der Waals surface area contributed by atoms with E-state index in [4.69, 9.17) is 0 Å². The van der Waals surface area contributed by atoms with Crippen LogP contribution in [0.15, 0.2) is 84.9 Å². The third-order valence-corrected chi connectivity index (χ3v) is 5.04. The van der Waals surface area contributed by atoms with Crippen molar-refractivity contribution in [2.24, 2.45) is 0 Å². The van der Waals surface area contributed by atoms with Crippen LogP contribution in [-0.2, 0) is 16.0 Å². The van der Waals surface area contributed by atoms with Crippen LogP contribution in [0.4, 0.5) is 0 Å². The summed E-state index contributed by atoms with van der Waals surface area (Å²) >= 11 is 0. The van der Waals surface area contributed by atoms with Crippen molar-refractivity contribution in [2.75, 3.05) is 13.1 Å². The summed E-state index contributed by atoms with van der Waals surface area (Å²) in [5.74, 6) is -0.446. The van der Waals surface area contributed by atoms with Crippen LogP contribution in [0.1, 0.15) is 34.6 Å². The maximum atomic E-state index is 12.9. The molecular weight excluding hydrogens is 372 g/mol. The Labute approximate surface area is 178 Å². The van der Waals surface area contributed by atoms with E-state index < -0.39 is 0 Å². The summed E-state index contributed by atoms with van der Waals surface area (Å²) in [6.07, 6.45) is 1.15. The van der Waals surface area contributed by atoms with E-state index >= 15 is 0 Å². The number of amides is 2. The highest BCUT2D eigenvalue weighted by molar-refractivity contribution is 5.87. The topological polar surface area (TPSA) is 58.2 Å². The molecule has 0 fully saturated rings. The fourth-order valence-corrected chi connectivity index (χ4v) is 3.38. The molecule has 0 atom stereocenters. The molecule has 0 aliphatic carbocycles. The summed E-state index contributed by atoms with van der Waals surface area (Å²) in [5, 5.41) is 5.85. The Kier molecular flexibility index (Phi) is 7.78. The van der Waals surface area contributed by atoms with Gasteiger partial charge in [0.2, 0.25) is 11.8 Å². The minimum absolute atomic E-state index is 0.00695. The highest BCUT2D eigenvalue weighted by Crippen LogP contribution is 2.24. The van der Waals surface area contributed by atoms with E-state index in [0.717, 1.165) is 16.7 Å². The fraction of sp³-hybridized carbons (Fsp3) is 0.231. The van der Waals surface area contributed by atoms with Gasteiger partial charge >= 0.3 is 0 Å². The van der Waals surface area contributed by atoms with Gasteiger partial charge in [-0.1, -0.05) is 90.5 Å². The summed E-state index contributed by atoms with van der Waals surface area (Å²) in [4.78, 5) is 25.0. The second kappa shape index (κ2) is 11.0. The number of hydrogen-bond acceptors (Lipinski definition) is 2. The van der Waals surface area contributed by atoms with Gasteiger partial charge in [0.05, 0.1) is 5.92 Å². The molecule has 3 aromatic rings. The Morgan fingerprint density at radius 3 is 1.83 bits per heavy atom. The molecule has 154 valence electrons. The van der Waals surface area contributed by atoms with E-state index in [-0.39, 0.29) is 17.7 Å². The zero-order valence-corrected chi connectivity index (χ0v) is 17.3. The number of nitrogens with one attached hydrogen (secondary N) is 2. The molecule has 0 spiro atoms. The van der Waals surface area contributed by atoms with E-state index in [1.807, 2.05) is 67.6 Å². The minimum atomic E-state index is -0.371. The first kappa shape index (κ1) is 21.3. The maximum absolute atomic E-state index is 12.9. The van der Waals surface area contributed by atoms with Crippen LogP contribution >= 0.6 is 0 Å². The molecule has 0 aromatic heterocycles. The summed E-state index contributed by atoms with van der Waals surface area (Å²) in [7, 11) is 0. The predicted octanol–water partition coefficient (Wildman–Crippen LogP) is 3.99. The van der Waals surface area contributed by atoms with Gasteiger partial charge in [0.15, 0.2) is 0 Å². The number of aryl methyl sites for hydroxylation is 2. The van der Waals surface area contributed by atoms with Crippen LogP contribution in [0, 0.1) is 6.92 Å². The van der Waals surface area contributed by atoms with Crippen molar-refractivity contribution >= 4 is 11.8 Å². The van der Waals surface area contributed by atoms with Gasteiger partial charge in [-0.3, -0.25) is 9.59 Å². The van der Waals surface area contributed by atoms with Crippen molar-refractivity contribution in [3.05, 3.63) is 107 Å². The third-order valence-electron chi connectivity index (χ3n) is 5.04. The average molecular weight is 401 g/mol. The summed E-state index contributed by atoms with van der Waals surface area (Å²) < 4.78 is 0. The monoisotopic (exact) mass is 400 g/mol. The summed E-state index contributed by atoms with van der Waals surface area (Å²) in [6.45, 7) is 2.85. The second-order valence-corrected chi connectivity index (χ2v) is 7.38. The van der Waals surface area contributed by atoms with Gasteiger partial charge in [-0.15, -0.1) is 0 Å². The van der Waals surface area contributed by atoms with Gasteiger partial charge in [0.25, 0.3) is 0 Å². The lowest BCUT2D eigenvalue weighted by atomic mass is 9.90. The Morgan fingerprint density at radius 1 is 0.733 bits per heavy atom. The second-order valence-electron chi connectivity index (χ2n) is 7.38. The quantitative estimate of drug-likeness (QED) is 0.534. The van der Waals surface area contributed by atoms with Crippen molar-refractivity contribution in [2.45, 2.75) is 25.7 Å². The molecule has 0 heterocycles. The van der Waals surface area contributed by atoms with Gasteiger partial charge in [0, 0.05) is 19.5 Å². The zero-order valence-electron chi connectivity index (χ0n) is 17.3. The summed E-state index contributed by atoms with van der Waals surface area (Å²) in [6, 6.07) is 27.7. The lowest BCUT2D eigenvalue weighted by molar-refractivity contribution is -0.123. The Morgan fingerprint density at radius 2 is 1.27 bits per heavy atom. The first-order valence-electron chi connectivity index (χ1n) is 10.3. The van der Waals surface area contributed by atoms with E-state index in [2.05, 4.69) is 34.9 Å². The molecular formula is C26H28N2O2. The van der Waals surface area contributed by atoms with Crippen molar-refractivity contribution in [1.82, 2.24) is 10.6 Å². The van der Waals surface area contributed by atoms with E-state index in [9.17, 15) is 9.59 Å². The minimum Gasteiger partial charge on any atom is -0.354 e. The van der Waals surface area contributed by atoms with Crippen molar-refractivity contribution in [3.63, 3.8) is 0 Å². The van der Waals surface area contributed by atoms with E-state index in [1.165, 1.54) is 5.56 Å². The molecule has 2 amide bonds. The molecule has 0 aliphatic heterocycles. The molecule has 0 unspecified atom stereocenters. The molecule has 0 saturated carbocycles. The van der Waals surface area contributed by atoms with Gasteiger partial charge < -0.3 is 10.6 Å². The molecule has 2 N–H and O–H groups in total. The van der Waals surface area contributed by atoms with Crippen molar-refractivity contribution in [3.8, 4) is 0 Å². The van der Waals surface area contributed by atoms with Crippen molar-refractivity contribution < 1.29 is 9.59 Å². The van der Waals surface area contributed by atoms with Crippen LogP contribution in [0.25, 0.3) is 0 Å². The van der Waals surface area contributed by atoms with Crippen molar-refractivity contribution in [1.29, 1.82) is 0 Å². The van der Waals surface area contributed by atoms with E-state index in [0.29, 0.717) is 25.9 Å². The fourth-order valence-electron chi connectivity index (χ4n) is 3.38. The Balaban J connectivity index is 1.47. The molecule has 0 bridgehead atoms. The SMILES string of the molecule is Cc1ccc(CCC(=O)NCCNC(=O)C(c2ccccc2)c2ccccc2)cc1. The van der Waals surface area contributed by atoms with Gasteiger partial charge in [-0.25, -0.2) is 0 Å². The normalized spacial score (nSPS) is 10.6. The molecule has 3 rings (SSSR count). The Bertz CT molecular complexity index is 898. The van der Waals surface area contributed by atoms with Gasteiger partial charge in [-0.05, 0) is 30.0 Å². The van der Waals surface area contributed by atoms with Crippen LogP contribution in [0.5, 0.6) is 0 Å². The highest BCUT2D eigenvalue weighted by Gasteiger charge is 2.21. The molecule has 4 heteroatoms. The number of rotatable bonds is 9. The van der Waals surface area contributed by atoms with Crippen LogP contribution in [0.2, 0.25) is 0 Å².